The third kappa shape index (κ3) is 3.32. The van der Waals surface area contributed by atoms with Crippen LogP contribution in [0.5, 0.6) is 5.75 Å². The van der Waals surface area contributed by atoms with Crippen molar-refractivity contribution in [2.45, 2.75) is 0 Å². The van der Waals surface area contributed by atoms with Crippen LogP contribution in [0.3, 0.4) is 0 Å². The maximum absolute atomic E-state index is 12.1. The van der Waals surface area contributed by atoms with Crippen molar-refractivity contribution in [2.75, 3.05) is 40.3 Å². The topological polar surface area (TPSA) is 49.9 Å². The van der Waals surface area contributed by atoms with E-state index in [1.807, 2.05) is 4.90 Å². The zero-order chi connectivity index (χ0) is 13.8. The average Bonchev–Trinajstić information content (AvgIpc) is 2.43. The van der Waals surface area contributed by atoms with Crippen molar-refractivity contribution in [2.24, 2.45) is 0 Å². The van der Waals surface area contributed by atoms with Crippen molar-refractivity contribution in [1.29, 1.82) is 0 Å². The van der Waals surface area contributed by atoms with Crippen LogP contribution < -0.4 is 4.74 Å². The lowest BCUT2D eigenvalue weighted by atomic mass is 10.1. The Bertz CT molecular complexity index is 487. The van der Waals surface area contributed by atoms with Crippen LogP contribution in [0.4, 0.5) is 0 Å². The number of rotatable bonds is 4. The Morgan fingerprint density at radius 3 is 2.84 bits per heavy atom. The van der Waals surface area contributed by atoms with Gasteiger partial charge in [-0.05, 0) is 12.1 Å². The summed E-state index contributed by atoms with van der Waals surface area (Å²) in [6.07, 6.45) is 0. The van der Waals surface area contributed by atoms with Crippen LogP contribution in [0, 0.1) is 0 Å². The molecule has 1 heterocycles. The van der Waals surface area contributed by atoms with E-state index in [1.54, 1.807) is 43.3 Å². The number of Topliss-reactive ketones (excluding diaryl/α,β-unsaturated/α-hetero) is 1. The second-order valence-corrected chi connectivity index (χ2v) is 4.68. The van der Waals surface area contributed by atoms with Gasteiger partial charge in [0, 0.05) is 25.7 Å². The van der Waals surface area contributed by atoms with Gasteiger partial charge < -0.3 is 9.64 Å². The zero-order valence-corrected chi connectivity index (χ0v) is 11.3. The summed E-state index contributed by atoms with van der Waals surface area (Å²) in [5.41, 5.74) is 0.616. The maximum atomic E-state index is 12.1. The number of benzene rings is 1. The predicted octanol–water partition coefficient (Wildman–Crippen LogP) is 0.652. The Balaban J connectivity index is 1.99. The van der Waals surface area contributed by atoms with E-state index in [4.69, 9.17) is 4.74 Å². The molecule has 0 saturated carbocycles. The molecule has 1 aliphatic heterocycles. The first kappa shape index (κ1) is 13.5. The number of nitrogens with zero attached hydrogens (tertiary/aromatic N) is 2. The number of ether oxygens (including phenoxy) is 1. The molecule has 0 aromatic heterocycles. The van der Waals surface area contributed by atoms with E-state index < -0.39 is 0 Å². The molecule has 0 aliphatic carbocycles. The molecule has 0 atom stereocenters. The van der Waals surface area contributed by atoms with Gasteiger partial charge in [0.25, 0.3) is 0 Å². The average molecular weight is 262 g/mol. The van der Waals surface area contributed by atoms with E-state index in [-0.39, 0.29) is 18.2 Å². The Morgan fingerprint density at radius 1 is 1.37 bits per heavy atom. The number of methoxy groups -OCH3 is 1. The summed E-state index contributed by atoms with van der Waals surface area (Å²) < 4.78 is 5.10. The highest BCUT2D eigenvalue weighted by Crippen LogP contribution is 2.13. The SMILES string of the molecule is COc1cccc(C(=O)CN2CCN(C)C(=O)C2)c1. The first-order chi connectivity index (χ1) is 9.10. The molecule has 1 aliphatic rings. The molecule has 1 aromatic carbocycles. The largest absolute Gasteiger partial charge is 0.497 e. The van der Waals surface area contributed by atoms with Crippen LogP contribution in [0.2, 0.25) is 0 Å². The second kappa shape index (κ2) is 5.84. The van der Waals surface area contributed by atoms with E-state index >= 15 is 0 Å². The van der Waals surface area contributed by atoms with Gasteiger partial charge in [0.05, 0.1) is 20.2 Å². The minimum atomic E-state index is 0.0104. The first-order valence-electron chi connectivity index (χ1n) is 6.23. The molecule has 2 rings (SSSR count). The standard InChI is InChI=1S/C14H18N2O3/c1-15-6-7-16(10-14(15)18)9-13(17)11-4-3-5-12(8-11)19-2/h3-5,8H,6-7,9-10H2,1-2H3. The van der Waals surface area contributed by atoms with Crippen molar-refractivity contribution < 1.29 is 14.3 Å². The summed E-state index contributed by atoms with van der Waals surface area (Å²) >= 11 is 0. The summed E-state index contributed by atoms with van der Waals surface area (Å²) in [5, 5.41) is 0. The van der Waals surface area contributed by atoms with Crippen LogP contribution in [0.25, 0.3) is 0 Å². The lowest BCUT2D eigenvalue weighted by Gasteiger charge is -2.31. The van der Waals surface area contributed by atoms with Gasteiger partial charge in [0.1, 0.15) is 5.75 Å². The van der Waals surface area contributed by atoms with Gasteiger partial charge in [-0.15, -0.1) is 0 Å². The van der Waals surface area contributed by atoms with Crippen molar-refractivity contribution in [1.82, 2.24) is 9.80 Å². The molecule has 102 valence electrons. The van der Waals surface area contributed by atoms with E-state index in [0.717, 1.165) is 6.54 Å². The smallest absolute Gasteiger partial charge is 0.236 e. The molecule has 0 spiro atoms. The minimum absolute atomic E-state index is 0.0104. The van der Waals surface area contributed by atoms with Crippen molar-refractivity contribution in [3.05, 3.63) is 29.8 Å². The minimum Gasteiger partial charge on any atom is -0.497 e. The van der Waals surface area contributed by atoms with Crippen LogP contribution in [0.15, 0.2) is 24.3 Å². The number of carbonyl (C=O) groups is 2. The molecule has 5 nitrogen and oxygen atoms in total. The number of hydrogen-bond acceptors (Lipinski definition) is 4. The molecule has 0 bridgehead atoms. The fourth-order valence-corrected chi connectivity index (χ4v) is 2.03. The first-order valence-corrected chi connectivity index (χ1v) is 6.23. The lowest BCUT2D eigenvalue weighted by Crippen LogP contribution is -2.49. The van der Waals surface area contributed by atoms with Gasteiger partial charge in [-0.2, -0.15) is 0 Å². The van der Waals surface area contributed by atoms with Crippen molar-refractivity contribution in [3.63, 3.8) is 0 Å². The predicted molar refractivity (Wildman–Crippen MR) is 71.4 cm³/mol. The van der Waals surface area contributed by atoms with Crippen LogP contribution >= 0.6 is 0 Å². The summed E-state index contributed by atoms with van der Waals surface area (Å²) in [4.78, 5) is 27.3. The number of ketones is 1. The molecule has 1 saturated heterocycles. The molecule has 1 amide bonds. The fraction of sp³-hybridized carbons (Fsp3) is 0.429. The van der Waals surface area contributed by atoms with E-state index in [1.165, 1.54) is 0 Å². The lowest BCUT2D eigenvalue weighted by molar-refractivity contribution is -0.134. The molecule has 1 aromatic rings. The molecule has 0 unspecified atom stereocenters. The van der Waals surface area contributed by atoms with Crippen molar-refractivity contribution >= 4 is 11.7 Å². The van der Waals surface area contributed by atoms with E-state index in [9.17, 15) is 9.59 Å². The molecule has 19 heavy (non-hydrogen) atoms. The van der Waals surface area contributed by atoms with Crippen LogP contribution in [-0.4, -0.2) is 61.8 Å². The molecule has 0 N–H and O–H groups in total. The quantitative estimate of drug-likeness (QED) is 0.748. The van der Waals surface area contributed by atoms with Crippen LogP contribution in [0.1, 0.15) is 10.4 Å². The Kier molecular flexibility index (Phi) is 4.16. The fourth-order valence-electron chi connectivity index (χ4n) is 2.03. The van der Waals surface area contributed by atoms with Crippen LogP contribution in [-0.2, 0) is 4.79 Å². The van der Waals surface area contributed by atoms with Gasteiger partial charge in [-0.1, -0.05) is 12.1 Å². The Hall–Kier alpha value is -1.88. The van der Waals surface area contributed by atoms with Gasteiger partial charge >= 0.3 is 0 Å². The van der Waals surface area contributed by atoms with Crippen molar-refractivity contribution in [3.8, 4) is 5.75 Å². The molecule has 1 fully saturated rings. The zero-order valence-electron chi connectivity index (χ0n) is 11.3. The van der Waals surface area contributed by atoms with Gasteiger partial charge in [0.15, 0.2) is 5.78 Å². The summed E-state index contributed by atoms with van der Waals surface area (Å²) in [6, 6.07) is 7.08. The number of hydrogen-bond donors (Lipinski definition) is 0. The summed E-state index contributed by atoms with van der Waals surface area (Å²) in [6.45, 7) is 1.99. The maximum Gasteiger partial charge on any atom is 0.236 e. The van der Waals surface area contributed by atoms with Gasteiger partial charge in [-0.3, -0.25) is 14.5 Å². The Labute approximate surface area is 112 Å². The number of carbonyl (C=O) groups excluding carboxylic acids is 2. The normalized spacial score (nSPS) is 16.5. The number of piperazine rings is 1. The highest BCUT2D eigenvalue weighted by Gasteiger charge is 2.22. The molecular weight excluding hydrogens is 244 g/mol. The Morgan fingerprint density at radius 2 is 2.16 bits per heavy atom. The van der Waals surface area contributed by atoms with Gasteiger partial charge in [0.2, 0.25) is 5.91 Å². The highest BCUT2D eigenvalue weighted by molar-refractivity contribution is 5.98. The third-order valence-electron chi connectivity index (χ3n) is 3.30. The van der Waals surface area contributed by atoms with E-state index in [2.05, 4.69) is 0 Å². The summed E-state index contributed by atoms with van der Waals surface area (Å²) in [5.74, 6) is 0.737. The number of likely N-dealkylation sites (N-methyl/N-ethyl adjacent to an activating group) is 1. The third-order valence-corrected chi connectivity index (χ3v) is 3.30. The summed E-state index contributed by atoms with van der Waals surface area (Å²) in [7, 11) is 3.35. The van der Waals surface area contributed by atoms with Gasteiger partial charge in [-0.25, -0.2) is 0 Å². The van der Waals surface area contributed by atoms with E-state index in [0.29, 0.717) is 24.4 Å². The monoisotopic (exact) mass is 262 g/mol. The molecule has 5 heteroatoms. The number of amides is 1. The molecule has 0 radical (unpaired) electrons. The molecular formula is C14H18N2O3. The second-order valence-electron chi connectivity index (χ2n) is 4.68. The highest BCUT2D eigenvalue weighted by atomic mass is 16.5.